The number of ether oxygens (including phenoxy) is 1. The highest BCUT2D eigenvalue weighted by Crippen LogP contribution is 2.27. The van der Waals surface area contributed by atoms with E-state index in [1.54, 1.807) is 0 Å². The summed E-state index contributed by atoms with van der Waals surface area (Å²) in [7, 11) is 0. The second kappa shape index (κ2) is 5.34. The molecule has 0 amide bonds. The summed E-state index contributed by atoms with van der Waals surface area (Å²) in [5, 5.41) is 3.36. The van der Waals surface area contributed by atoms with Gasteiger partial charge in [0.1, 0.15) is 0 Å². The van der Waals surface area contributed by atoms with Crippen LogP contribution < -0.4 is 5.32 Å². The predicted molar refractivity (Wildman–Crippen MR) is 64.6 cm³/mol. The van der Waals surface area contributed by atoms with E-state index < -0.39 is 0 Å². The Morgan fingerprint density at radius 2 is 2.56 bits per heavy atom. The maximum atomic E-state index is 5.44. The molecule has 1 fully saturated rings. The number of rotatable bonds is 5. The standard InChI is InChI=1S/C12H21N3O/c1-3-5-13-12-14-6-7-15(12)10(2)11-4-8-16-9-11/h6-7,10-11H,3-5,8-9H2,1-2H3,(H,13,14). The van der Waals surface area contributed by atoms with Crippen LogP contribution >= 0.6 is 0 Å². The lowest BCUT2D eigenvalue weighted by Crippen LogP contribution is -2.19. The third kappa shape index (κ3) is 2.38. The van der Waals surface area contributed by atoms with E-state index in [2.05, 4.69) is 34.9 Å². The normalized spacial score (nSPS) is 22.2. The lowest BCUT2D eigenvalue weighted by Gasteiger charge is -2.21. The number of nitrogens with zero attached hydrogens (tertiary/aromatic N) is 2. The molecule has 1 saturated heterocycles. The van der Waals surface area contributed by atoms with Crippen LogP contribution in [0, 0.1) is 5.92 Å². The van der Waals surface area contributed by atoms with Crippen LogP contribution in [-0.2, 0) is 4.74 Å². The topological polar surface area (TPSA) is 39.1 Å². The Bertz CT molecular complexity index is 318. The Balaban J connectivity index is 2.03. The molecule has 1 N–H and O–H groups in total. The molecular weight excluding hydrogens is 202 g/mol. The molecule has 16 heavy (non-hydrogen) atoms. The fourth-order valence-corrected chi connectivity index (χ4v) is 2.18. The van der Waals surface area contributed by atoms with Crippen LogP contribution in [-0.4, -0.2) is 29.3 Å². The SMILES string of the molecule is CCCNc1nccn1C(C)C1CCOC1. The van der Waals surface area contributed by atoms with Crippen molar-refractivity contribution in [2.45, 2.75) is 32.7 Å². The Labute approximate surface area is 97.0 Å². The number of nitrogens with one attached hydrogen (secondary N) is 1. The van der Waals surface area contributed by atoms with Crippen molar-refractivity contribution in [1.82, 2.24) is 9.55 Å². The molecule has 0 aliphatic carbocycles. The Morgan fingerprint density at radius 3 is 3.25 bits per heavy atom. The molecule has 0 aromatic carbocycles. The zero-order chi connectivity index (χ0) is 11.4. The quantitative estimate of drug-likeness (QED) is 0.832. The average Bonchev–Trinajstić information content (AvgIpc) is 2.96. The van der Waals surface area contributed by atoms with Gasteiger partial charge in [-0.2, -0.15) is 0 Å². The molecule has 2 rings (SSSR count). The van der Waals surface area contributed by atoms with E-state index >= 15 is 0 Å². The van der Waals surface area contributed by atoms with Gasteiger partial charge in [-0.25, -0.2) is 4.98 Å². The molecule has 4 nitrogen and oxygen atoms in total. The van der Waals surface area contributed by atoms with Crippen molar-refractivity contribution in [2.75, 3.05) is 25.1 Å². The van der Waals surface area contributed by atoms with Gasteiger partial charge in [-0.05, 0) is 19.8 Å². The monoisotopic (exact) mass is 223 g/mol. The maximum absolute atomic E-state index is 5.44. The summed E-state index contributed by atoms with van der Waals surface area (Å²) >= 11 is 0. The number of aromatic nitrogens is 2. The Morgan fingerprint density at radius 1 is 1.69 bits per heavy atom. The molecule has 4 heteroatoms. The summed E-state index contributed by atoms with van der Waals surface area (Å²) in [6.45, 7) is 7.17. The zero-order valence-corrected chi connectivity index (χ0v) is 10.1. The van der Waals surface area contributed by atoms with Crippen LogP contribution in [0.1, 0.15) is 32.7 Å². The molecule has 1 aromatic rings. The summed E-state index contributed by atoms with van der Waals surface area (Å²) in [6, 6.07) is 0.462. The van der Waals surface area contributed by atoms with E-state index in [1.807, 2.05) is 6.20 Å². The van der Waals surface area contributed by atoms with E-state index in [9.17, 15) is 0 Å². The average molecular weight is 223 g/mol. The molecule has 0 radical (unpaired) electrons. The minimum atomic E-state index is 0.462. The third-order valence-corrected chi connectivity index (χ3v) is 3.29. The van der Waals surface area contributed by atoms with Crippen molar-refractivity contribution in [3.63, 3.8) is 0 Å². The van der Waals surface area contributed by atoms with Crippen LogP contribution in [0.5, 0.6) is 0 Å². The van der Waals surface area contributed by atoms with E-state index in [0.717, 1.165) is 38.5 Å². The molecule has 2 atom stereocenters. The second-order valence-corrected chi connectivity index (χ2v) is 4.45. The van der Waals surface area contributed by atoms with Crippen molar-refractivity contribution >= 4 is 5.95 Å². The molecule has 2 unspecified atom stereocenters. The highest BCUT2D eigenvalue weighted by molar-refractivity contribution is 5.26. The van der Waals surface area contributed by atoms with Gasteiger partial charge in [-0.3, -0.25) is 0 Å². The largest absolute Gasteiger partial charge is 0.381 e. The van der Waals surface area contributed by atoms with Gasteiger partial charge < -0.3 is 14.6 Å². The summed E-state index contributed by atoms with van der Waals surface area (Å²) in [5.41, 5.74) is 0. The summed E-state index contributed by atoms with van der Waals surface area (Å²) < 4.78 is 7.67. The van der Waals surface area contributed by atoms with Crippen LogP contribution in [0.15, 0.2) is 12.4 Å². The molecule has 0 spiro atoms. The Hall–Kier alpha value is -1.03. The van der Waals surface area contributed by atoms with Crippen LogP contribution in [0.25, 0.3) is 0 Å². The molecule has 90 valence electrons. The lowest BCUT2D eigenvalue weighted by molar-refractivity contribution is 0.175. The maximum Gasteiger partial charge on any atom is 0.203 e. The van der Waals surface area contributed by atoms with Crippen molar-refractivity contribution in [1.29, 1.82) is 0 Å². The highest BCUT2D eigenvalue weighted by Gasteiger charge is 2.24. The van der Waals surface area contributed by atoms with Crippen molar-refractivity contribution in [3.05, 3.63) is 12.4 Å². The summed E-state index contributed by atoms with van der Waals surface area (Å²) in [5.74, 6) is 1.61. The molecular formula is C12H21N3O. The number of hydrogen-bond donors (Lipinski definition) is 1. The second-order valence-electron chi connectivity index (χ2n) is 4.45. The van der Waals surface area contributed by atoms with E-state index in [1.165, 1.54) is 0 Å². The summed E-state index contributed by atoms with van der Waals surface area (Å²) in [4.78, 5) is 4.36. The van der Waals surface area contributed by atoms with Gasteiger partial charge in [0.05, 0.1) is 6.61 Å². The van der Waals surface area contributed by atoms with Crippen LogP contribution in [0.4, 0.5) is 5.95 Å². The minimum Gasteiger partial charge on any atom is -0.381 e. The fourth-order valence-electron chi connectivity index (χ4n) is 2.18. The van der Waals surface area contributed by atoms with Gasteiger partial charge >= 0.3 is 0 Å². The zero-order valence-electron chi connectivity index (χ0n) is 10.1. The number of anilines is 1. The van der Waals surface area contributed by atoms with Gasteiger partial charge in [-0.15, -0.1) is 0 Å². The first-order valence-electron chi connectivity index (χ1n) is 6.17. The first kappa shape index (κ1) is 11.5. The van der Waals surface area contributed by atoms with Crippen molar-refractivity contribution in [2.24, 2.45) is 5.92 Å². The first-order chi connectivity index (χ1) is 7.83. The fraction of sp³-hybridized carbons (Fsp3) is 0.750. The van der Waals surface area contributed by atoms with Crippen molar-refractivity contribution < 1.29 is 4.74 Å². The highest BCUT2D eigenvalue weighted by atomic mass is 16.5. The molecule has 0 saturated carbocycles. The number of hydrogen-bond acceptors (Lipinski definition) is 3. The van der Waals surface area contributed by atoms with Gasteiger partial charge in [-0.1, -0.05) is 6.92 Å². The molecule has 0 bridgehead atoms. The molecule has 1 aromatic heterocycles. The molecule has 2 heterocycles. The van der Waals surface area contributed by atoms with Crippen molar-refractivity contribution in [3.8, 4) is 0 Å². The van der Waals surface area contributed by atoms with E-state index in [4.69, 9.17) is 4.74 Å². The van der Waals surface area contributed by atoms with Gasteiger partial charge in [0.2, 0.25) is 5.95 Å². The first-order valence-corrected chi connectivity index (χ1v) is 6.17. The van der Waals surface area contributed by atoms with E-state index in [0.29, 0.717) is 12.0 Å². The smallest absolute Gasteiger partial charge is 0.203 e. The van der Waals surface area contributed by atoms with Gasteiger partial charge in [0.25, 0.3) is 0 Å². The summed E-state index contributed by atoms with van der Waals surface area (Å²) in [6.07, 6.45) is 6.20. The predicted octanol–water partition coefficient (Wildman–Crippen LogP) is 2.30. The minimum absolute atomic E-state index is 0.462. The number of imidazole rings is 1. The van der Waals surface area contributed by atoms with Gasteiger partial charge in [0, 0.05) is 37.5 Å². The van der Waals surface area contributed by atoms with Gasteiger partial charge in [0.15, 0.2) is 0 Å². The van der Waals surface area contributed by atoms with E-state index in [-0.39, 0.29) is 0 Å². The lowest BCUT2D eigenvalue weighted by atomic mass is 10.0. The van der Waals surface area contributed by atoms with Crippen LogP contribution in [0.2, 0.25) is 0 Å². The third-order valence-electron chi connectivity index (χ3n) is 3.29. The molecule has 1 aliphatic rings. The van der Waals surface area contributed by atoms with Crippen LogP contribution in [0.3, 0.4) is 0 Å². The molecule has 1 aliphatic heterocycles. The Kier molecular flexibility index (Phi) is 3.83.